The molecule has 0 saturated heterocycles. The lowest BCUT2D eigenvalue weighted by atomic mass is 10.1. The van der Waals surface area contributed by atoms with Crippen LogP contribution in [0.25, 0.3) is 5.69 Å². The summed E-state index contributed by atoms with van der Waals surface area (Å²) < 4.78 is 5.73. The van der Waals surface area contributed by atoms with Crippen LogP contribution in [0.4, 0.5) is 11.4 Å². The van der Waals surface area contributed by atoms with Crippen LogP contribution in [0.2, 0.25) is 0 Å². The van der Waals surface area contributed by atoms with E-state index < -0.39 is 6.10 Å². The number of carbonyl (C=O) groups excluding carboxylic acids is 2. The van der Waals surface area contributed by atoms with Crippen molar-refractivity contribution in [3.05, 3.63) is 96.3 Å². The number of rotatable bonds is 5. The number of amides is 2. The maximum absolute atomic E-state index is 12.7. The summed E-state index contributed by atoms with van der Waals surface area (Å²) in [5, 5.41) is 13.8. The Hall–Kier alpha value is -4.46. The van der Waals surface area contributed by atoms with Crippen LogP contribution < -0.4 is 15.4 Å². The number of hydrogen-bond acceptors (Lipinski definition) is 5. The number of nitrogens with one attached hydrogen (secondary N) is 2. The minimum atomic E-state index is -0.590. The summed E-state index contributed by atoms with van der Waals surface area (Å²) in [7, 11) is 0. The third-order valence-electron chi connectivity index (χ3n) is 5.11. The molecule has 2 N–H and O–H groups in total. The highest BCUT2D eigenvalue weighted by Gasteiger charge is 2.28. The molecule has 0 saturated carbocycles. The molecule has 1 atom stereocenters. The molecule has 5 rings (SSSR count). The zero-order chi connectivity index (χ0) is 21.9. The van der Waals surface area contributed by atoms with Crippen LogP contribution in [0.5, 0.6) is 5.75 Å². The van der Waals surface area contributed by atoms with E-state index in [9.17, 15) is 9.59 Å². The molecule has 0 spiro atoms. The lowest BCUT2D eigenvalue weighted by Crippen LogP contribution is -2.31. The van der Waals surface area contributed by atoms with Gasteiger partial charge in [-0.05, 0) is 54.1 Å². The van der Waals surface area contributed by atoms with Gasteiger partial charge in [-0.2, -0.15) is 15.0 Å². The largest absolute Gasteiger partial charge is 0.480 e. The van der Waals surface area contributed by atoms with Crippen molar-refractivity contribution in [3.63, 3.8) is 0 Å². The average molecular weight is 425 g/mol. The van der Waals surface area contributed by atoms with E-state index in [4.69, 9.17) is 4.74 Å². The third kappa shape index (κ3) is 4.06. The molecule has 8 heteroatoms. The van der Waals surface area contributed by atoms with Crippen LogP contribution >= 0.6 is 0 Å². The average Bonchev–Trinajstić information content (AvgIpc) is 3.50. The molecule has 3 aromatic carbocycles. The summed E-state index contributed by atoms with van der Waals surface area (Å²) in [6.45, 7) is 0. The van der Waals surface area contributed by atoms with Crippen molar-refractivity contribution in [3.8, 4) is 11.4 Å². The molecular formula is C24H19N5O3. The standard InChI is InChI=1S/C24H19N5O3/c30-23(27-18-8-10-20(11-9-18)29-25-12-13-26-29)17-5-3-6-19(14-17)28-24(31)22-15-16-4-1-2-7-21(16)32-22/h1-14,22H,15H2,(H,27,30)(H,28,31). The predicted octanol–water partition coefficient (Wildman–Crippen LogP) is 3.46. The van der Waals surface area contributed by atoms with Crippen molar-refractivity contribution in [1.82, 2.24) is 15.0 Å². The topological polar surface area (TPSA) is 98.1 Å². The Balaban J connectivity index is 1.23. The monoisotopic (exact) mass is 425 g/mol. The van der Waals surface area contributed by atoms with Crippen molar-refractivity contribution in [2.45, 2.75) is 12.5 Å². The van der Waals surface area contributed by atoms with Crippen LogP contribution in [-0.2, 0) is 11.2 Å². The van der Waals surface area contributed by atoms with E-state index in [1.54, 1.807) is 48.8 Å². The van der Waals surface area contributed by atoms with Crippen LogP contribution in [0.3, 0.4) is 0 Å². The van der Waals surface area contributed by atoms with Crippen LogP contribution in [0.15, 0.2) is 85.2 Å². The second-order valence-electron chi connectivity index (χ2n) is 7.31. The Labute approximate surface area is 183 Å². The van der Waals surface area contributed by atoms with Gasteiger partial charge in [-0.15, -0.1) is 0 Å². The Bertz CT molecular complexity index is 1240. The molecule has 0 aliphatic carbocycles. The van der Waals surface area contributed by atoms with E-state index >= 15 is 0 Å². The molecule has 32 heavy (non-hydrogen) atoms. The first-order valence-electron chi connectivity index (χ1n) is 10.1. The Kier molecular flexibility index (Phi) is 5.09. The van der Waals surface area contributed by atoms with Gasteiger partial charge < -0.3 is 15.4 Å². The molecule has 8 nitrogen and oxygen atoms in total. The number of hydrogen-bond donors (Lipinski definition) is 2. The first-order valence-corrected chi connectivity index (χ1v) is 10.1. The number of nitrogens with zero attached hydrogens (tertiary/aromatic N) is 3. The molecule has 0 bridgehead atoms. The Morgan fingerprint density at radius 3 is 2.44 bits per heavy atom. The normalized spacial score (nSPS) is 14.3. The van der Waals surface area contributed by atoms with Gasteiger partial charge in [0.05, 0.1) is 18.1 Å². The number of benzene rings is 3. The minimum Gasteiger partial charge on any atom is -0.480 e. The zero-order valence-electron chi connectivity index (χ0n) is 16.9. The van der Waals surface area contributed by atoms with E-state index in [0.717, 1.165) is 17.0 Å². The fourth-order valence-corrected chi connectivity index (χ4v) is 3.52. The fraction of sp³-hybridized carbons (Fsp3) is 0.0833. The van der Waals surface area contributed by atoms with Crippen molar-refractivity contribution in [2.75, 3.05) is 10.6 Å². The summed E-state index contributed by atoms with van der Waals surface area (Å²) >= 11 is 0. The van der Waals surface area contributed by atoms with Gasteiger partial charge >= 0.3 is 0 Å². The van der Waals surface area contributed by atoms with Crippen molar-refractivity contribution in [1.29, 1.82) is 0 Å². The molecule has 2 heterocycles. The van der Waals surface area contributed by atoms with Crippen LogP contribution in [-0.4, -0.2) is 32.9 Å². The van der Waals surface area contributed by atoms with Gasteiger partial charge in [0.1, 0.15) is 5.75 Å². The third-order valence-corrected chi connectivity index (χ3v) is 5.11. The predicted molar refractivity (Wildman–Crippen MR) is 119 cm³/mol. The molecule has 4 aromatic rings. The van der Waals surface area contributed by atoms with Gasteiger partial charge in [0.15, 0.2) is 6.10 Å². The minimum absolute atomic E-state index is 0.249. The van der Waals surface area contributed by atoms with Gasteiger partial charge in [0.25, 0.3) is 11.8 Å². The number of para-hydroxylation sites is 1. The van der Waals surface area contributed by atoms with Crippen molar-refractivity contribution < 1.29 is 14.3 Å². The number of aromatic nitrogens is 3. The molecular weight excluding hydrogens is 406 g/mol. The highest BCUT2D eigenvalue weighted by molar-refractivity contribution is 6.05. The smallest absolute Gasteiger partial charge is 0.265 e. The second-order valence-corrected chi connectivity index (χ2v) is 7.31. The quantitative estimate of drug-likeness (QED) is 0.510. The molecule has 2 amide bonds. The summed E-state index contributed by atoms with van der Waals surface area (Å²) in [5.41, 5.74) is 3.39. The van der Waals surface area contributed by atoms with E-state index in [2.05, 4.69) is 20.8 Å². The van der Waals surface area contributed by atoms with Gasteiger partial charge in [0, 0.05) is 23.4 Å². The lowest BCUT2D eigenvalue weighted by molar-refractivity contribution is -0.122. The number of ether oxygens (including phenoxy) is 1. The van der Waals surface area contributed by atoms with E-state index in [-0.39, 0.29) is 11.8 Å². The summed E-state index contributed by atoms with van der Waals surface area (Å²) in [6.07, 6.45) is 3.12. The summed E-state index contributed by atoms with van der Waals surface area (Å²) in [6, 6.07) is 21.6. The fourth-order valence-electron chi connectivity index (χ4n) is 3.52. The van der Waals surface area contributed by atoms with Gasteiger partial charge in [-0.1, -0.05) is 24.3 Å². The number of carbonyl (C=O) groups is 2. The maximum atomic E-state index is 12.7. The zero-order valence-corrected chi connectivity index (χ0v) is 16.9. The van der Waals surface area contributed by atoms with Crippen molar-refractivity contribution in [2.24, 2.45) is 0 Å². The first-order chi connectivity index (χ1) is 15.7. The molecule has 0 fully saturated rings. The molecule has 0 radical (unpaired) electrons. The lowest BCUT2D eigenvalue weighted by Gasteiger charge is -2.12. The number of anilines is 2. The number of fused-ring (bicyclic) bond motifs is 1. The summed E-state index contributed by atoms with van der Waals surface area (Å²) in [5.74, 6) is 0.201. The Morgan fingerprint density at radius 1 is 0.875 bits per heavy atom. The SMILES string of the molecule is O=C(Nc1ccc(-n2nccn2)cc1)c1cccc(NC(=O)C2Cc3ccccc3O2)c1. The van der Waals surface area contributed by atoms with E-state index in [0.29, 0.717) is 23.4 Å². The van der Waals surface area contributed by atoms with E-state index in [1.807, 2.05) is 36.4 Å². The maximum Gasteiger partial charge on any atom is 0.265 e. The van der Waals surface area contributed by atoms with Gasteiger partial charge in [0.2, 0.25) is 0 Å². The van der Waals surface area contributed by atoms with Gasteiger partial charge in [-0.3, -0.25) is 9.59 Å². The van der Waals surface area contributed by atoms with Gasteiger partial charge in [-0.25, -0.2) is 0 Å². The molecule has 1 aromatic heterocycles. The van der Waals surface area contributed by atoms with Crippen LogP contribution in [0.1, 0.15) is 15.9 Å². The highest BCUT2D eigenvalue weighted by Crippen LogP contribution is 2.28. The van der Waals surface area contributed by atoms with Crippen molar-refractivity contribution >= 4 is 23.2 Å². The van der Waals surface area contributed by atoms with E-state index in [1.165, 1.54) is 4.80 Å². The van der Waals surface area contributed by atoms with Crippen LogP contribution in [0, 0.1) is 0 Å². The molecule has 1 aliphatic rings. The molecule has 158 valence electrons. The Morgan fingerprint density at radius 2 is 1.66 bits per heavy atom. The molecule has 1 aliphatic heterocycles. The molecule has 1 unspecified atom stereocenters. The first kappa shape index (κ1) is 19.5. The second kappa shape index (κ2) is 8.35. The highest BCUT2D eigenvalue weighted by atomic mass is 16.5. The summed E-state index contributed by atoms with van der Waals surface area (Å²) in [4.78, 5) is 26.8.